The summed E-state index contributed by atoms with van der Waals surface area (Å²) in [5, 5.41) is 10.0. The van der Waals surface area contributed by atoms with E-state index in [1.54, 1.807) is 43.3 Å². The molecule has 0 radical (unpaired) electrons. The van der Waals surface area contributed by atoms with E-state index in [0.29, 0.717) is 22.9 Å². The lowest BCUT2D eigenvalue weighted by Crippen LogP contribution is -2.22. The van der Waals surface area contributed by atoms with Gasteiger partial charge in [-0.2, -0.15) is 0 Å². The van der Waals surface area contributed by atoms with Crippen LogP contribution < -0.4 is 14.8 Å². The van der Waals surface area contributed by atoms with Gasteiger partial charge in [0.2, 0.25) is 22.3 Å². The summed E-state index contributed by atoms with van der Waals surface area (Å²) in [5.74, 6) is 0.453. The molecule has 0 fully saturated rings. The topological polar surface area (TPSA) is 123 Å². The van der Waals surface area contributed by atoms with Crippen molar-refractivity contribution >= 4 is 21.6 Å². The second-order valence-electron chi connectivity index (χ2n) is 5.79. The Bertz CT molecular complexity index is 1060. The van der Waals surface area contributed by atoms with E-state index in [1.165, 1.54) is 19.5 Å². The van der Waals surface area contributed by atoms with Gasteiger partial charge in [-0.1, -0.05) is 6.07 Å². The van der Waals surface area contributed by atoms with Crippen molar-refractivity contribution in [3.8, 4) is 17.2 Å². The summed E-state index contributed by atoms with van der Waals surface area (Å²) in [7, 11) is -2.28. The molecular formula is C18H18N4O5S. The third-order valence-electron chi connectivity index (χ3n) is 3.86. The Labute approximate surface area is 161 Å². The first-order chi connectivity index (χ1) is 13.4. The molecule has 0 spiro atoms. The number of carbonyl (C=O) groups excluding carboxylic acids is 1. The molecule has 1 amide bonds. The SMILES string of the molecule is CNS(=O)(=O)c1cc(NC(=O)COc2ccc(-c3nnco3)cc2)ccc1C. The van der Waals surface area contributed by atoms with E-state index in [0.717, 1.165) is 5.56 Å². The summed E-state index contributed by atoms with van der Waals surface area (Å²) < 4.78 is 36.8. The first-order valence-electron chi connectivity index (χ1n) is 8.22. The van der Waals surface area contributed by atoms with Gasteiger partial charge in [-0.15, -0.1) is 10.2 Å². The third kappa shape index (κ3) is 4.53. The number of nitrogens with one attached hydrogen (secondary N) is 2. The summed E-state index contributed by atoms with van der Waals surface area (Å²) in [6, 6.07) is 11.5. The molecule has 3 rings (SSSR count). The van der Waals surface area contributed by atoms with Crippen molar-refractivity contribution in [2.24, 2.45) is 0 Å². The normalized spacial score (nSPS) is 11.2. The molecule has 10 heteroatoms. The van der Waals surface area contributed by atoms with Crippen molar-refractivity contribution in [1.29, 1.82) is 0 Å². The van der Waals surface area contributed by atoms with Crippen molar-refractivity contribution in [2.75, 3.05) is 19.0 Å². The quantitative estimate of drug-likeness (QED) is 0.619. The van der Waals surface area contributed by atoms with Crippen LogP contribution in [0.3, 0.4) is 0 Å². The zero-order valence-electron chi connectivity index (χ0n) is 15.2. The Morgan fingerprint density at radius 2 is 1.93 bits per heavy atom. The highest BCUT2D eigenvalue weighted by Gasteiger charge is 2.16. The van der Waals surface area contributed by atoms with Crippen LogP contribution >= 0.6 is 0 Å². The van der Waals surface area contributed by atoms with Crippen LogP contribution in [-0.4, -0.2) is 38.2 Å². The molecule has 2 aromatic carbocycles. The van der Waals surface area contributed by atoms with Gasteiger partial charge in [0.1, 0.15) is 5.75 Å². The van der Waals surface area contributed by atoms with Gasteiger partial charge in [0.15, 0.2) is 6.61 Å². The fraction of sp³-hybridized carbons (Fsp3) is 0.167. The van der Waals surface area contributed by atoms with E-state index in [2.05, 4.69) is 20.2 Å². The maximum Gasteiger partial charge on any atom is 0.262 e. The Morgan fingerprint density at radius 1 is 1.18 bits per heavy atom. The van der Waals surface area contributed by atoms with Gasteiger partial charge in [0.05, 0.1) is 4.90 Å². The number of benzene rings is 2. The Balaban J connectivity index is 1.61. The minimum atomic E-state index is -3.61. The monoisotopic (exact) mass is 402 g/mol. The van der Waals surface area contributed by atoms with E-state index in [4.69, 9.17) is 9.15 Å². The number of nitrogens with zero attached hydrogens (tertiary/aromatic N) is 2. The summed E-state index contributed by atoms with van der Waals surface area (Å²) in [5.41, 5.74) is 1.66. The number of aromatic nitrogens is 2. The highest BCUT2D eigenvalue weighted by atomic mass is 32.2. The first-order valence-corrected chi connectivity index (χ1v) is 9.71. The Morgan fingerprint density at radius 3 is 2.57 bits per heavy atom. The predicted molar refractivity (Wildman–Crippen MR) is 101 cm³/mol. The van der Waals surface area contributed by atoms with Crippen molar-refractivity contribution < 1.29 is 22.4 Å². The van der Waals surface area contributed by atoms with Crippen LogP contribution in [0.15, 0.2) is 58.2 Å². The molecule has 28 heavy (non-hydrogen) atoms. The summed E-state index contributed by atoms with van der Waals surface area (Å²) in [6.45, 7) is 1.44. The molecule has 0 bridgehead atoms. The number of carbonyl (C=O) groups is 1. The molecule has 9 nitrogen and oxygen atoms in total. The highest BCUT2D eigenvalue weighted by Crippen LogP contribution is 2.21. The number of rotatable bonds is 7. The number of anilines is 1. The number of amides is 1. The van der Waals surface area contributed by atoms with Crippen LogP contribution in [-0.2, 0) is 14.8 Å². The zero-order chi connectivity index (χ0) is 20.1. The Hall–Kier alpha value is -3.24. The maximum absolute atomic E-state index is 12.1. The molecule has 0 unspecified atom stereocenters. The van der Waals surface area contributed by atoms with Crippen LogP contribution in [0.5, 0.6) is 5.75 Å². The van der Waals surface area contributed by atoms with Gasteiger partial charge in [0, 0.05) is 11.3 Å². The van der Waals surface area contributed by atoms with Crippen LogP contribution in [0, 0.1) is 6.92 Å². The molecule has 2 N–H and O–H groups in total. The summed E-state index contributed by atoms with van der Waals surface area (Å²) >= 11 is 0. The second kappa shape index (κ2) is 8.19. The summed E-state index contributed by atoms with van der Waals surface area (Å²) in [4.78, 5) is 12.2. The van der Waals surface area contributed by atoms with Gasteiger partial charge < -0.3 is 14.5 Å². The van der Waals surface area contributed by atoms with E-state index in [1.807, 2.05) is 0 Å². The van der Waals surface area contributed by atoms with Crippen LogP contribution in [0.2, 0.25) is 0 Å². The molecule has 3 aromatic rings. The fourth-order valence-corrected chi connectivity index (χ4v) is 3.41. The smallest absolute Gasteiger partial charge is 0.262 e. The molecule has 0 saturated carbocycles. The highest BCUT2D eigenvalue weighted by molar-refractivity contribution is 7.89. The average molecular weight is 402 g/mol. The maximum atomic E-state index is 12.1. The molecule has 1 heterocycles. The van der Waals surface area contributed by atoms with Crippen molar-refractivity contribution in [3.05, 3.63) is 54.4 Å². The van der Waals surface area contributed by atoms with Crippen LogP contribution in [0.4, 0.5) is 5.69 Å². The summed E-state index contributed by atoms with van der Waals surface area (Å²) in [6.07, 6.45) is 1.24. The van der Waals surface area contributed by atoms with Crippen molar-refractivity contribution in [3.63, 3.8) is 0 Å². The third-order valence-corrected chi connectivity index (χ3v) is 5.42. The number of hydrogen-bond acceptors (Lipinski definition) is 7. The lowest BCUT2D eigenvalue weighted by atomic mass is 10.2. The minimum absolute atomic E-state index is 0.102. The zero-order valence-corrected chi connectivity index (χ0v) is 16.0. The number of aryl methyl sites for hydroxylation is 1. The van der Waals surface area contributed by atoms with Gasteiger partial charge in [-0.05, 0) is 55.9 Å². The van der Waals surface area contributed by atoms with Gasteiger partial charge in [-0.3, -0.25) is 4.79 Å². The largest absolute Gasteiger partial charge is 0.484 e. The number of hydrogen-bond donors (Lipinski definition) is 2. The number of ether oxygens (including phenoxy) is 1. The molecule has 0 aliphatic heterocycles. The van der Waals surface area contributed by atoms with Crippen LogP contribution in [0.25, 0.3) is 11.5 Å². The molecule has 0 atom stereocenters. The van der Waals surface area contributed by atoms with E-state index in [-0.39, 0.29) is 11.5 Å². The molecular weight excluding hydrogens is 384 g/mol. The van der Waals surface area contributed by atoms with Gasteiger partial charge in [-0.25, -0.2) is 13.1 Å². The predicted octanol–water partition coefficient (Wildman–Crippen LogP) is 1.97. The molecule has 1 aromatic heterocycles. The standard InChI is InChI=1S/C18H18N4O5S/c1-12-3-6-14(9-16(12)28(24,25)19-2)21-17(23)10-26-15-7-4-13(5-8-15)18-22-20-11-27-18/h3-9,11,19H,10H2,1-2H3,(H,21,23). The van der Waals surface area contributed by atoms with Gasteiger partial charge in [0.25, 0.3) is 5.91 Å². The lowest BCUT2D eigenvalue weighted by Gasteiger charge is -2.11. The molecule has 0 saturated heterocycles. The minimum Gasteiger partial charge on any atom is -0.484 e. The van der Waals surface area contributed by atoms with E-state index < -0.39 is 15.9 Å². The van der Waals surface area contributed by atoms with Gasteiger partial charge >= 0.3 is 0 Å². The molecule has 0 aliphatic carbocycles. The Kier molecular flexibility index (Phi) is 5.71. The molecule has 0 aliphatic rings. The number of sulfonamides is 1. The molecule has 146 valence electrons. The second-order valence-corrected chi connectivity index (χ2v) is 7.65. The van der Waals surface area contributed by atoms with Crippen molar-refractivity contribution in [2.45, 2.75) is 11.8 Å². The van der Waals surface area contributed by atoms with E-state index >= 15 is 0 Å². The van der Waals surface area contributed by atoms with E-state index in [9.17, 15) is 13.2 Å². The fourth-order valence-electron chi connectivity index (χ4n) is 2.42. The lowest BCUT2D eigenvalue weighted by molar-refractivity contribution is -0.118. The van der Waals surface area contributed by atoms with Crippen LogP contribution in [0.1, 0.15) is 5.56 Å². The van der Waals surface area contributed by atoms with Crippen molar-refractivity contribution in [1.82, 2.24) is 14.9 Å². The first kappa shape index (κ1) is 19.5. The average Bonchev–Trinajstić information content (AvgIpc) is 3.23.